The topological polar surface area (TPSA) is 47.7 Å². The van der Waals surface area contributed by atoms with E-state index in [0.29, 0.717) is 0 Å². The van der Waals surface area contributed by atoms with Gasteiger partial charge in [-0.3, -0.25) is 4.68 Å². The molecule has 0 aliphatic carbocycles. The number of hydrogen-bond acceptors (Lipinski definition) is 3. The van der Waals surface area contributed by atoms with Crippen LogP contribution in [0.1, 0.15) is 37.9 Å². The highest BCUT2D eigenvalue weighted by molar-refractivity contribution is 5.23. The Balaban J connectivity index is 2.02. The van der Waals surface area contributed by atoms with Gasteiger partial charge >= 0.3 is 0 Å². The van der Waals surface area contributed by atoms with Crippen LogP contribution in [-0.2, 0) is 32.6 Å². The second-order valence-electron chi connectivity index (χ2n) is 5.98. The number of imidazole rings is 1. The van der Waals surface area contributed by atoms with Gasteiger partial charge in [-0.2, -0.15) is 5.10 Å². The van der Waals surface area contributed by atoms with E-state index in [1.54, 1.807) is 0 Å². The van der Waals surface area contributed by atoms with Gasteiger partial charge in [-0.25, -0.2) is 4.98 Å². The Bertz CT molecular complexity index is 544. The molecule has 2 rings (SSSR count). The third-order valence-electron chi connectivity index (χ3n) is 3.13. The number of nitrogens with one attached hydrogen (secondary N) is 1. The minimum absolute atomic E-state index is 0.0709. The summed E-state index contributed by atoms with van der Waals surface area (Å²) in [7, 11) is 3.98. The Morgan fingerprint density at radius 2 is 1.95 bits per heavy atom. The summed E-state index contributed by atoms with van der Waals surface area (Å²) in [5.41, 5.74) is 2.48. The molecule has 0 saturated heterocycles. The van der Waals surface area contributed by atoms with E-state index in [4.69, 9.17) is 0 Å². The van der Waals surface area contributed by atoms with E-state index in [-0.39, 0.29) is 5.41 Å². The molecule has 0 aromatic carbocycles. The summed E-state index contributed by atoms with van der Waals surface area (Å²) in [6, 6.07) is 0. The molecule has 1 N–H and O–H groups in total. The van der Waals surface area contributed by atoms with E-state index in [1.807, 2.05) is 35.7 Å². The first kappa shape index (κ1) is 13.8. The first-order chi connectivity index (χ1) is 8.88. The van der Waals surface area contributed by atoms with Crippen molar-refractivity contribution in [3.63, 3.8) is 0 Å². The summed E-state index contributed by atoms with van der Waals surface area (Å²) in [5, 5.41) is 8.01. The fraction of sp³-hybridized carbons (Fsp3) is 0.571. The number of aromatic nitrogens is 4. The van der Waals surface area contributed by atoms with E-state index >= 15 is 0 Å². The average molecular weight is 261 g/mol. The largest absolute Gasteiger partial charge is 0.337 e. The summed E-state index contributed by atoms with van der Waals surface area (Å²) >= 11 is 0. The van der Waals surface area contributed by atoms with Gasteiger partial charge in [-0.15, -0.1) is 0 Å². The molecule has 2 heterocycles. The zero-order valence-corrected chi connectivity index (χ0v) is 12.4. The molecule has 5 heteroatoms. The van der Waals surface area contributed by atoms with Crippen molar-refractivity contribution in [3.8, 4) is 0 Å². The molecule has 0 unspecified atom stereocenters. The molecule has 0 saturated carbocycles. The van der Waals surface area contributed by atoms with Gasteiger partial charge < -0.3 is 9.88 Å². The van der Waals surface area contributed by atoms with Crippen molar-refractivity contribution in [2.75, 3.05) is 0 Å². The van der Waals surface area contributed by atoms with E-state index in [9.17, 15) is 0 Å². The molecule has 0 amide bonds. The van der Waals surface area contributed by atoms with Crippen molar-refractivity contribution >= 4 is 0 Å². The van der Waals surface area contributed by atoms with Crippen LogP contribution in [0.25, 0.3) is 0 Å². The zero-order valence-electron chi connectivity index (χ0n) is 12.4. The Labute approximate surface area is 114 Å². The Morgan fingerprint density at radius 1 is 1.21 bits per heavy atom. The quantitative estimate of drug-likeness (QED) is 0.912. The molecule has 5 nitrogen and oxygen atoms in total. The van der Waals surface area contributed by atoms with Gasteiger partial charge in [0.15, 0.2) is 0 Å². The lowest BCUT2D eigenvalue weighted by Gasteiger charge is -2.17. The van der Waals surface area contributed by atoms with Crippen molar-refractivity contribution in [2.24, 2.45) is 14.1 Å². The molecule has 0 spiro atoms. The van der Waals surface area contributed by atoms with Gasteiger partial charge in [0.2, 0.25) is 0 Å². The van der Waals surface area contributed by atoms with E-state index in [0.717, 1.165) is 24.6 Å². The standard InChI is InChI=1S/C14H23N5/c1-14(2,3)13-11(10-19(5)17-13)8-15-9-12-16-6-7-18(12)4/h6-7,10,15H,8-9H2,1-5H3. The molecule has 104 valence electrons. The van der Waals surface area contributed by atoms with Gasteiger partial charge in [-0.05, 0) is 0 Å². The third kappa shape index (κ3) is 3.23. The minimum Gasteiger partial charge on any atom is -0.337 e. The van der Waals surface area contributed by atoms with Gasteiger partial charge in [0.05, 0.1) is 12.2 Å². The first-order valence-corrected chi connectivity index (χ1v) is 6.58. The fourth-order valence-electron chi connectivity index (χ4n) is 2.17. The number of aryl methyl sites for hydroxylation is 2. The van der Waals surface area contributed by atoms with E-state index in [2.05, 4.69) is 42.4 Å². The van der Waals surface area contributed by atoms with E-state index < -0.39 is 0 Å². The normalized spacial score (nSPS) is 12.1. The van der Waals surface area contributed by atoms with Gasteiger partial charge in [0.1, 0.15) is 5.82 Å². The van der Waals surface area contributed by atoms with Gasteiger partial charge in [0.25, 0.3) is 0 Å². The summed E-state index contributed by atoms with van der Waals surface area (Å²) in [6.07, 6.45) is 5.87. The van der Waals surface area contributed by atoms with Gasteiger partial charge in [0, 0.05) is 50.2 Å². The van der Waals surface area contributed by atoms with Crippen LogP contribution in [0, 0.1) is 0 Å². The molecule has 0 bridgehead atoms. The molecule has 2 aromatic heterocycles. The lowest BCUT2D eigenvalue weighted by atomic mass is 9.89. The Kier molecular flexibility index (Phi) is 3.75. The van der Waals surface area contributed by atoms with Crippen molar-refractivity contribution in [1.29, 1.82) is 0 Å². The summed E-state index contributed by atoms with van der Waals surface area (Å²) in [6.45, 7) is 8.15. The van der Waals surface area contributed by atoms with Crippen molar-refractivity contribution in [1.82, 2.24) is 24.6 Å². The molecule has 0 aliphatic heterocycles. The molecule has 0 atom stereocenters. The Hall–Kier alpha value is -1.62. The molecular formula is C14H23N5. The highest BCUT2D eigenvalue weighted by Gasteiger charge is 2.21. The molecule has 0 fully saturated rings. The lowest BCUT2D eigenvalue weighted by molar-refractivity contribution is 0.542. The average Bonchev–Trinajstić information content (AvgIpc) is 2.85. The minimum atomic E-state index is 0.0709. The maximum atomic E-state index is 4.57. The molecule has 2 aromatic rings. The van der Waals surface area contributed by atoms with Crippen LogP contribution in [0.4, 0.5) is 0 Å². The number of rotatable bonds is 4. The molecule has 0 aliphatic rings. The smallest absolute Gasteiger partial charge is 0.122 e. The molecule has 19 heavy (non-hydrogen) atoms. The van der Waals surface area contributed by atoms with Crippen molar-refractivity contribution in [2.45, 2.75) is 39.3 Å². The maximum absolute atomic E-state index is 4.57. The van der Waals surface area contributed by atoms with Crippen LogP contribution in [0.5, 0.6) is 0 Å². The highest BCUT2D eigenvalue weighted by Crippen LogP contribution is 2.23. The van der Waals surface area contributed by atoms with Crippen LogP contribution < -0.4 is 5.32 Å². The third-order valence-corrected chi connectivity index (χ3v) is 3.13. The SMILES string of the molecule is Cn1cc(CNCc2nccn2C)c(C(C)(C)C)n1. The summed E-state index contributed by atoms with van der Waals surface area (Å²) < 4.78 is 3.92. The number of hydrogen-bond donors (Lipinski definition) is 1. The second-order valence-corrected chi connectivity index (χ2v) is 5.98. The van der Waals surface area contributed by atoms with Gasteiger partial charge in [-0.1, -0.05) is 20.8 Å². The number of nitrogens with zero attached hydrogens (tertiary/aromatic N) is 4. The zero-order chi connectivity index (χ0) is 14.0. The fourth-order valence-corrected chi connectivity index (χ4v) is 2.17. The van der Waals surface area contributed by atoms with Crippen molar-refractivity contribution < 1.29 is 0 Å². The first-order valence-electron chi connectivity index (χ1n) is 6.58. The predicted octanol–water partition coefficient (Wildman–Crippen LogP) is 1.74. The monoisotopic (exact) mass is 261 g/mol. The molecular weight excluding hydrogens is 238 g/mol. The van der Waals surface area contributed by atoms with Crippen molar-refractivity contribution in [3.05, 3.63) is 35.7 Å². The predicted molar refractivity (Wildman–Crippen MR) is 75.7 cm³/mol. The lowest BCUT2D eigenvalue weighted by Crippen LogP contribution is -2.20. The van der Waals surface area contributed by atoms with E-state index in [1.165, 1.54) is 5.56 Å². The molecule has 0 radical (unpaired) electrons. The van der Waals surface area contributed by atoms with Crippen LogP contribution in [0.15, 0.2) is 18.6 Å². The summed E-state index contributed by atoms with van der Waals surface area (Å²) in [5.74, 6) is 1.04. The second kappa shape index (κ2) is 5.17. The Morgan fingerprint density at radius 3 is 2.53 bits per heavy atom. The van der Waals surface area contributed by atoms with Crippen LogP contribution in [-0.4, -0.2) is 19.3 Å². The maximum Gasteiger partial charge on any atom is 0.122 e. The highest BCUT2D eigenvalue weighted by atomic mass is 15.3. The van der Waals surface area contributed by atoms with Crippen LogP contribution >= 0.6 is 0 Å². The summed E-state index contributed by atoms with van der Waals surface area (Å²) in [4.78, 5) is 4.30. The van der Waals surface area contributed by atoms with Crippen LogP contribution in [0.3, 0.4) is 0 Å². The van der Waals surface area contributed by atoms with Crippen LogP contribution in [0.2, 0.25) is 0 Å².